The van der Waals surface area contributed by atoms with Crippen molar-refractivity contribution in [1.82, 2.24) is 19.5 Å². The van der Waals surface area contributed by atoms with E-state index in [1.807, 2.05) is 48.8 Å². The summed E-state index contributed by atoms with van der Waals surface area (Å²) in [6, 6.07) is 15.2. The van der Waals surface area contributed by atoms with Crippen LogP contribution >= 0.6 is 0 Å². The highest BCUT2D eigenvalue weighted by atomic mass is 16.5. The molecule has 1 aliphatic heterocycles. The number of benzene rings is 2. The molecule has 188 valence electrons. The van der Waals surface area contributed by atoms with Crippen molar-refractivity contribution in [3.05, 3.63) is 72.7 Å². The number of carbonyl (C=O) groups excluding carboxylic acids is 1. The number of hydrogen-bond acceptors (Lipinski definition) is 6. The largest absolute Gasteiger partial charge is 0.492 e. The van der Waals surface area contributed by atoms with Gasteiger partial charge in [0.05, 0.1) is 6.20 Å². The molecule has 1 fully saturated rings. The van der Waals surface area contributed by atoms with Gasteiger partial charge in [0, 0.05) is 42.2 Å². The fraction of sp³-hybridized carbons (Fsp3) is 0.321. The van der Waals surface area contributed by atoms with Crippen molar-refractivity contribution in [1.29, 1.82) is 0 Å². The second-order valence-electron chi connectivity index (χ2n) is 8.70. The van der Waals surface area contributed by atoms with Crippen LogP contribution in [0.2, 0.25) is 0 Å². The molecule has 1 amide bonds. The van der Waals surface area contributed by atoms with Gasteiger partial charge in [0.15, 0.2) is 5.65 Å². The molecular formula is C28H33N5O3. The topological polar surface area (TPSA) is 106 Å². The van der Waals surface area contributed by atoms with Crippen LogP contribution in [0.5, 0.6) is 5.75 Å². The van der Waals surface area contributed by atoms with Crippen LogP contribution in [-0.4, -0.2) is 63.4 Å². The number of ether oxygens (including phenoxy) is 1. The summed E-state index contributed by atoms with van der Waals surface area (Å²) in [5, 5.41) is 12.0. The average Bonchev–Trinajstić information content (AvgIpc) is 3.34. The molecule has 0 atom stereocenters. The first kappa shape index (κ1) is 25.3. The lowest BCUT2D eigenvalue weighted by molar-refractivity contribution is 0.100. The van der Waals surface area contributed by atoms with E-state index < -0.39 is 5.91 Å². The van der Waals surface area contributed by atoms with Crippen molar-refractivity contribution < 1.29 is 14.6 Å². The van der Waals surface area contributed by atoms with E-state index in [-0.39, 0.29) is 6.61 Å². The molecule has 36 heavy (non-hydrogen) atoms. The number of carbonyl (C=O) groups is 1. The molecule has 8 heteroatoms. The van der Waals surface area contributed by atoms with Gasteiger partial charge in [-0.25, -0.2) is 9.50 Å². The number of likely N-dealkylation sites (tertiary alicyclic amines) is 1. The molecule has 1 saturated heterocycles. The lowest BCUT2D eigenvalue weighted by Crippen LogP contribution is -2.33. The summed E-state index contributed by atoms with van der Waals surface area (Å²) in [7, 11) is 0. The molecule has 0 aliphatic carbocycles. The van der Waals surface area contributed by atoms with Gasteiger partial charge in [-0.3, -0.25) is 9.69 Å². The van der Waals surface area contributed by atoms with Gasteiger partial charge < -0.3 is 15.6 Å². The van der Waals surface area contributed by atoms with Crippen LogP contribution in [0.4, 0.5) is 0 Å². The van der Waals surface area contributed by atoms with E-state index in [1.165, 1.54) is 32.4 Å². The zero-order chi connectivity index (χ0) is 25.3. The molecule has 0 saturated carbocycles. The lowest BCUT2D eigenvalue weighted by atomic mass is 10.1. The predicted molar refractivity (Wildman–Crippen MR) is 141 cm³/mol. The van der Waals surface area contributed by atoms with Crippen LogP contribution in [0, 0.1) is 0 Å². The molecule has 4 aromatic rings. The van der Waals surface area contributed by atoms with Crippen LogP contribution in [0.3, 0.4) is 0 Å². The highest BCUT2D eigenvalue weighted by Crippen LogP contribution is 2.27. The molecule has 1 aliphatic rings. The van der Waals surface area contributed by atoms with Crippen LogP contribution in [0.1, 0.15) is 36.5 Å². The third kappa shape index (κ3) is 6.27. The molecular weight excluding hydrogens is 454 g/mol. The van der Waals surface area contributed by atoms with E-state index in [0.717, 1.165) is 40.2 Å². The summed E-state index contributed by atoms with van der Waals surface area (Å²) < 4.78 is 7.72. The molecule has 5 rings (SSSR count). The third-order valence-electron chi connectivity index (χ3n) is 6.15. The molecule has 3 N–H and O–H groups in total. The highest BCUT2D eigenvalue weighted by molar-refractivity contribution is 5.93. The Hall–Kier alpha value is -3.75. The van der Waals surface area contributed by atoms with Gasteiger partial charge in [-0.1, -0.05) is 30.7 Å². The standard InChI is InChI=1S/C26H27N5O2.C2H6O/c27-25(32)21-6-4-20(5-7-21)24-17-29-31-18-22(16-28-26(24)31)19-8-10-23(11-9-19)33-15-14-30-12-2-1-3-13-30;1-2-3/h4-11,16-18H,1-3,12-15H2,(H2,27,32);3H,2H2,1H3. The maximum absolute atomic E-state index is 11.3. The van der Waals surface area contributed by atoms with E-state index in [9.17, 15) is 4.79 Å². The third-order valence-corrected chi connectivity index (χ3v) is 6.15. The quantitative estimate of drug-likeness (QED) is 0.408. The Morgan fingerprint density at radius 2 is 1.64 bits per heavy atom. The normalized spacial score (nSPS) is 13.7. The number of aliphatic hydroxyl groups is 1. The van der Waals surface area contributed by atoms with Crippen LogP contribution < -0.4 is 10.5 Å². The predicted octanol–water partition coefficient (Wildman–Crippen LogP) is 4.03. The lowest BCUT2D eigenvalue weighted by Gasteiger charge is -2.26. The van der Waals surface area contributed by atoms with Crippen LogP contribution in [0.15, 0.2) is 67.1 Å². The summed E-state index contributed by atoms with van der Waals surface area (Å²) in [5.41, 5.74) is 10.4. The maximum atomic E-state index is 11.3. The molecule has 3 heterocycles. The molecule has 0 bridgehead atoms. The summed E-state index contributed by atoms with van der Waals surface area (Å²) >= 11 is 0. The van der Waals surface area contributed by atoms with E-state index in [1.54, 1.807) is 29.8 Å². The number of nitrogens with zero attached hydrogens (tertiary/aromatic N) is 4. The Bertz CT molecular complexity index is 1260. The molecule has 2 aromatic heterocycles. The van der Waals surface area contributed by atoms with Gasteiger partial charge in [0.1, 0.15) is 12.4 Å². The summed E-state index contributed by atoms with van der Waals surface area (Å²) in [5.74, 6) is 0.438. The number of hydrogen-bond donors (Lipinski definition) is 2. The van der Waals surface area contributed by atoms with Crippen molar-refractivity contribution in [3.8, 4) is 28.0 Å². The molecule has 8 nitrogen and oxygen atoms in total. The van der Waals surface area contributed by atoms with Crippen molar-refractivity contribution >= 4 is 11.6 Å². The van der Waals surface area contributed by atoms with Crippen LogP contribution in [-0.2, 0) is 0 Å². The molecule has 0 spiro atoms. The van der Waals surface area contributed by atoms with Gasteiger partial charge in [-0.05, 0) is 68.2 Å². The van der Waals surface area contributed by atoms with E-state index >= 15 is 0 Å². The van der Waals surface area contributed by atoms with E-state index in [0.29, 0.717) is 12.2 Å². The minimum atomic E-state index is -0.442. The Morgan fingerprint density at radius 1 is 0.972 bits per heavy atom. The number of amides is 1. The Labute approximate surface area is 211 Å². The van der Waals surface area contributed by atoms with E-state index in [2.05, 4.69) is 15.0 Å². The van der Waals surface area contributed by atoms with Gasteiger partial charge in [-0.15, -0.1) is 0 Å². The molecule has 2 aromatic carbocycles. The Kier molecular flexibility index (Phi) is 8.65. The van der Waals surface area contributed by atoms with Crippen LogP contribution in [0.25, 0.3) is 27.9 Å². The maximum Gasteiger partial charge on any atom is 0.248 e. The Balaban J connectivity index is 0.000000967. The second-order valence-corrected chi connectivity index (χ2v) is 8.70. The van der Waals surface area contributed by atoms with Crippen molar-refractivity contribution in [3.63, 3.8) is 0 Å². The van der Waals surface area contributed by atoms with Crippen molar-refractivity contribution in [2.24, 2.45) is 5.73 Å². The fourth-order valence-corrected chi connectivity index (χ4v) is 4.26. The zero-order valence-corrected chi connectivity index (χ0v) is 20.6. The number of primary amides is 1. The first-order valence-electron chi connectivity index (χ1n) is 12.4. The number of piperidine rings is 1. The van der Waals surface area contributed by atoms with Crippen molar-refractivity contribution in [2.75, 3.05) is 32.8 Å². The Morgan fingerprint density at radius 3 is 2.31 bits per heavy atom. The number of aromatic nitrogens is 3. The monoisotopic (exact) mass is 487 g/mol. The minimum Gasteiger partial charge on any atom is -0.492 e. The van der Waals surface area contributed by atoms with Crippen molar-refractivity contribution in [2.45, 2.75) is 26.2 Å². The number of rotatable bonds is 7. The zero-order valence-electron chi connectivity index (χ0n) is 20.6. The van der Waals surface area contributed by atoms with Gasteiger partial charge in [-0.2, -0.15) is 5.10 Å². The van der Waals surface area contributed by atoms with Gasteiger partial charge in [0.25, 0.3) is 0 Å². The highest BCUT2D eigenvalue weighted by Gasteiger charge is 2.11. The minimum absolute atomic E-state index is 0.250. The molecule has 0 unspecified atom stereocenters. The van der Waals surface area contributed by atoms with Gasteiger partial charge in [0.2, 0.25) is 5.91 Å². The van der Waals surface area contributed by atoms with E-state index in [4.69, 9.17) is 15.6 Å². The average molecular weight is 488 g/mol. The number of fused-ring (bicyclic) bond motifs is 1. The summed E-state index contributed by atoms with van der Waals surface area (Å²) in [4.78, 5) is 18.4. The summed E-state index contributed by atoms with van der Waals surface area (Å²) in [6.45, 7) is 6.00. The fourth-order valence-electron chi connectivity index (χ4n) is 4.26. The smallest absolute Gasteiger partial charge is 0.248 e. The van der Waals surface area contributed by atoms with Gasteiger partial charge >= 0.3 is 0 Å². The number of nitrogens with two attached hydrogens (primary N) is 1. The number of aliphatic hydroxyl groups excluding tert-OH is 1. The SMILES string of the molecule is CCO.NC(=O)c1ccc(-c2cnn3cc(-c4ccc(OCCN5CCCCC5)cc4)cnc23)cc1. The first-order valence-corrected chi connectivity index (χ1v) is 12.4. The second kappa shape index (κ2) is 12.3. The first-order chi connectivity index (χ1) is 17.6. The molecule has 0 radical (unpaired) electrons. The summed E-state index contributed by atoms with van der Waals surface area (Å²) in [6.07, 6.45) is 9.55.